The third-order valence-corrected chi connectivity index (χ3v) is 6.81. The summed E-state index contributed by atoms with van der Waals surface area (Å²) in [5.74, 6) is 0.920. The minimum Gasteiger partial charge on any atom is -0.497 e. The Labute approximate surface area is 233 Å². The van der Waals surface area contributed by atoms with E-state index in [0.717, 1.165) is 23.1 Å². The first-order chi connectivity index (χ1) is 18.6. The van der Waals surface area contributed by atoms with E-state index >= 15 is 0 Å². The highest BCUT2D eigenvalue weighted by molar-refractivity contribution is 5.88. The number of amides is 2. The highest BCUT2D eigenvalue weighted by Gasteiger charge is 2.31. The molecule has 3 aromatic rings. The standard InChI is InChI=1S/C33H42N2O4/c1-7-24(2)34-32(37)29(21-25-14-9-8-10-15-25)35(22-26-16-13-17-27(20-26)38-6)31(36)23-39-30-19-12-11-18-28(30)33(3,4)5/h8-20,24,29H,7,21-23H2,1-6H3,(H,34,37). The summed E-state index contributed by atoms with van der Waals surface area (Å²) in [6.45, 7) is 10.4. The zero-order valence-corrected chi connectivity index (χ0v) is 24.1. The molecule has 6 heteroatoms. The maximum atomic E-state index is 13.9. The van der Waals surface area contributed by atoms with E-state index in [4.69, 9.17) is 9.47 Å². The topological polar surface area (TPSA) is 67.9 Å². The molecule has 0 aliphatic carbocycles. The number of nitrogens with zero attached hydrogens (tertiary/aromatic N) is 1. The number of hydrogen-bond donors (Lipinski definition) is 1. The second-order valence-corrected chi connectivity index (χ2v) is 10.9. The Morgan fingerprint density at radius 1 is 0.923 bits per heavy atom. The molecule has 0 bridgehead atoms. The van der Waals surface area contributed by atoms with Gasteiger partial charge in [0.2, 0.25) is 5.91 Å². The Morgan fingerprint density at radius 2 is 1.59 bits per heavy atom. The van der Waals surface area contributed by atoms with Crippen molar-refractivity contribution < 1.29 is 19.1 Å². The predicted molar refractivity (Wildman–Crippen MR) is 156 cm³/mol. The Kier molecular flexibility index (Phi) is 10.6. The highest BCUT2D eigenvalue weighted by Crippen LogP contribution is 2.31. The summed E-state index contributed by atoms with van der Waals surface area (Å²) in [7, 11) is 1.61. The first-order valence-corrected chi connectivity index (χ1v) is 13.6. The quantitative estimate of drug-likeness (QED) is 0.315. The van der Waals surface area contributed by atoms with Gasteiger partial charge in [-0.15, -0.1) is 0 Å². The lowest BCUT2D eigenvalue weighted by molar-refractivity contribution is -0.143. The number of methoxy groups -OCH3 is 1. The number of rotatable bonds is 12. The first kappa shape index (κ1) is 29.8. The van der Waals surface area contributed by atoms with Crippen molar-refractivity contribution in [3.63, 3.8) is 0 Å². The normalized spacial score (nSPS) is 12.8. The summed E-state index contributed by atoms with van der Waals surface area (Å²) in [6, 6.07) is 24.4. The van der Waals surface area contributed by atoms with Gasteiger partial charge in [-0.25, -0.2) is 0 Å². The van der Waals surface area contributed by atoms with Gasteiger partial charge in [0.25, 0.3) is 5.91 Å². The molecule has 2 amide bonds. The van der Waals surface area contributed by atoms with E-state index in [1.807, 2.05) is 92.7 Å². The zero-order valence-electron chi connectivity index (χ0n) is 24.1. The van der Waals surface area contributed by atoms with Gasteiger partial charge in [-0.05, 0) is 53.6 Å². The molecule has 3 rings (SSSR count). The Morgan fingerprint density at radius 3 is 2.26 bits per heavy atom. The van der Waals surface area contributed by atoms with E-state index in [9.17, 15) is 9.59 Å². The molecule has 3 aromatic carbocycles. The van der Waals surface area contributed by atoms with Gasteiger partial charge in [-0.3, -0.25) is 9.59 Å². The minimum atomic E-state index is -0.721. The summed E-state index contributed by atoms with van der Waals surface area (Å²) < 4.78 is 11.5. The summed E-state index contributed by atoms with van der Waals surface area (Å²) in [6.07, 6.45) is 1.18. The van der Waals surface area contributed by atoms with Gasteiger partial charge in [-0.1, -0.05) is 88.4 Å². The van der Waals surface area contributed by atoms with Gasteiger partial charge >= 0.3 is 0 Å². The van der Waals surface area contributed by atoms with Crippen LogP contribution in [-0.4, -0.2) is 42.5 Å². The number of benzene rings is 3. The average molecular weight is 531 g/mol. The van der Waals surface area contributed by atoms with Crippen LogP contribution >= 0.6 is 0 Å². The van der Waals surface area contributed by atoms with E-state index in [-0.39, 0.29) is 36.4 Å². The van der Waals surface area contributed by atoms with Crippen molar-refractivity contribution >= 4 is 11.8 Å². The number of hydrogen-bond acceptors (Lipinski definition) is 4. The van der Waals surface area contributed by atoms with Crippen molar-refractivity contribution in [2.75, 3.05) is 13.7 Å². The van der Waals surface area contributed by atoms with Crippen molar-refractivity contribution in [1.29, 1.82) is 0 Å². The highest BCUT2D eigenvalue weighted by atomic mass is 16.5. The molecular formula is C33H42N2O4. The van der Waals surface area contributed by atoms with E-state index in [2.05, 4.69) is 26.1 Å². The molecule has 0 radical (unpaired) electrons. The molecule has 2 unspecified atom stereocenters. The van der Waals surface area contributed by atoms with Crippen molar-refractivity contribution in [3.05, 3.63) is 95.6 Å². The maximum absolute atomic E-state index is 13.9. The van der Waals surface area contributed by atoms with Crippen LogP contribution in [0, 0.1) is 0 Å². The van der Waals surface area contributed by atoms with Crippen LogP contribution in [-0.2, 0) is 28.0 Å². The Balaban J connectivity index is 1.96. The van der Waals surface area contributed by atoms with Crippen LogP contribution in [0.2, 0.25) is 0 Å². The Bertz CT molecular complexity index is 1220. The Hall–Kier alpha value is -3.80. The monoisotopic (exact) mass is 530 g/mol. The van der Waals surface area contributed by atoms with E-state index in [0.29, 0.717) is 17.9 Å². The van der Waals surface area contributed by atoms with Gasteiger partial charge in [-0.2, -0.15) is 0 Å². The lowest BCUT2D eigenvalue weighted by Crippen LogP contribution is -2.53. The average Bonchev–Trinajstić information content (AvgIpc) is 2.93. The summed E-state index contributed by atoms with van der Waals surface area (Å²) in [5, 5.41) is 3.10. The lowest BCUT2D eigenvalue weighted by Gasteiger charge is -2.32. The molecule has 0 heterocycles. The number of carbonyl (C=O) groups excluding carboxylic acids is 2. The van der Waals surface area contributed by atoms with E-state index in [1.165, 1.54) is 0 Å². The zero-order chi connectivity index (χ0) is 28.4. The molecule has 2 atom stereocenters. The van der Waals surface area contributed by atoms with Gasteiger partial charge < -0.3 is 19.7 Å². The summed E-state index contributed by atoms with van der Waals surface area (Å²) in [4.78, 5) is 29.2. The predicted octanol–water partition coefficient (Wildman–Crippen LogP) is 5.93. The van der Waals surface area contributed by atoms with Crippen LogP contribution in [0.4, 0.5) is 0 Å². The van der Waals surface area contributed by atoms with Crippen molar-refractivity contribution in [3.8, 4) is 11.5 Å². The summed E-state index contributed by atoms with van der Waals surface area (Å²) in [5.41, 5.74) is 2.72. The van der Waals surface area contributed by atoms with Crippen LogP contribution < -0.4 is 14.8 Å². The number of nitrogens with one attached hydrogen (secondary N) is 1. The second kappa shape index (κ2) is 13.8. The molecule has 39 heavy (non-hydrogen) atoms. The van der Waals surface area contributed by atoms with Crippen LogP contribution in [0.15, 0.2) is 78.9 Å². The van der Waals surface area contributed by atoms with Gasteiger partial charge in [0.1, 0.15) is 17.5 Å². The number of para-hydroxylation sites is 1. The molecule has 0 saturated carbocycles. The fourth-order valence-electron chi connectivity index (χ4n) is 4.40. The van der Waals surface area contributed by atoms with Gasteiger partial charge in [0.05, 0.1) is 7.11 Å². The molecule has 0 aliphatic heterocycles. The molecule has 0 fully saturated rings. The minimum absolute atomic E-state index is 0.0144. The third-order valence-electron chi connectivity index (χ3n) is 6.81. The number of carbonyl (C=O) groups is 2. The fraction of sp³-hybridized carbons (Fsp3) is 0.394. The third kappa shape index (κ3) is 8.60. The first-order valence-electron chi connectivity index (χ1n) is 13.6. The molecular weight excluding hydrogens is 488 g/mol. The van der Waals surface area contributed by atoms with Crippen LogP contribution in [0.3, 0.4) is 0 Å². The molecule has 0 aliphatic rings. The fourth-order valence-corrected chi connectivity index (χ4v) is 4.40. The van der Waals surface area contributed by atoms with Gasteiger partial charge in [0, 0.05) is 19.0 Å². The van der Waals surface area contributed by atoms with E-state index in [1.54, 1.807) is 12.0 Å². The van der Waals surface area contributed by atoms with Gasteiger partial charge in [0.15, 0.2) is 6.61 Å². The smallest absolute Gasteiger partial charge is 0.261 e. The molecule has 0 aromatic heterocycles. The molecule has 1 N–H and O–H groups in total. The molecule has 0 spiro atoms. The molecule has 6 nitrogen and oxygen atoms in total. The van der Waals surface area contributed by atoms with Crippen molar-refractivity contribution in [2.24, 2.45) is 0 Å². The summed E-state index contributed by atoms with van der Waals surface area (Å²) >= 11 is 0. The maximum Gasteiger partial charge on any atom is 0.261 e. The van der Waals surface area contributed by atoms with Crippen molar-refractivity contribution in [1.82, 2.24) is 10.2 Å². The SMILES string of the molecule is CCC(C)NC(=O)C(Cc1ccccc1)N(Cc1cccc(OC)c1)C(=O)COc1ccccc1C(C)(C)C. The molecule has 0 saturated heterocycles. The largest absolute Gasteiger partial charge is 0.497 e. The van der Waals surface area contributed by atoms with Crippen LogP contribution in [0.1, 0.15) is 57.7 Å². The van der Waals surface area contributed by atoms with Crippen LogP contribution in [0.5, 0.6) is 11.5 Å². The van der Waals surface area contributed by atoms with Crippen LogP contribution in [0.25, 0.3) is 0 Å². The van der Waals surface area contributed by atoms with Crippen molar-refractivity contribution in [2.45, 2.75) is 71.5 Å². The second-order valence-electron chi connectivity index (χ2n) is 10.9. The number of ether oxygens (including phenoxy) is 2. The van der Waals surface area contributed by atoms with E-state index < -0.39 is 6.04 Å². The molecule has 208 valence electrons. The lowest BCUT2D eigenvalue weighted by atomic mass is 9.86.